The van der Waals surface area contributed by atoms with Crippen LogP contribution in [0.15, 0.2) is 30.3 Å². The summed E-state index contributed by atoms with van der Waals surface area (Å²) in [5, 5.41) is 13.7. The zero-order valence-corrected chi connectivity index (χ0v) is 22.2. The van der Waals surface area contributed by atoms with Crippen molar-refractivity contribution in [2.45, 2.75) is 96.3 Å². The van der Waals surface area contributed by atoms with Crippen molar-refractivity contribution in [2.75, 3.05) is 19.6 Å². The number of likely N-dealkylation sites (tertiary alicyclic amines) is 2. The zero-order valence-electron chi connectivity index (χ0n) is 22.2. The molecule has 0 bridgehead atoms. The molecule has 3 rings (SSSR count). The Hall–Kier alpha value is -2.65. The fraction of sp³-hybridized carbons (Fsp3) is 0.667. The first-order valence-electron chi connectivity index (χ1n) is 12.9. The number of amides is 3. The molecule has 2 aliphatic rings. The lowest BCUT2D eigenvalue weighted by molar-refractivity contribution is -0.147. The summed E-state index contributed by atoms with van der Waals surface area (Å²) in [7, 11) is 0. The summed E-state index contributed by atoms with van der Waals surface area (Å²) in [6, 6.07) is 8.65. The molecular formula is C27H41N3O6. The normalized spacial score (nSPS) is 22.7. The van der Waals surface area contributed by atoms with E-state index in [-0.39, 0.29) is 25.5 Å². The van der Waals surface area contributed by atoms with Crippen LogP contribution >= 0.6 is 0 Å². The van der Waals surface area contributed by atoms with Crippen LogP contribution in [0.25, 0.3) is 0 Å². The maximum atomic E-state index is 13.9. The van der Waals surface area contributed by atoms with Gasteiger partial charge < -0.3 is 24.8 Å². The molecule has 2 aliphatic heterocycles. The van der Waals surface area contributed by atoms with Crippen LogP contribution in [0.2, 0.25) is 0 Å². The molecule has 1 aromatic rings. The molecule has 36 heavy (non-hydrogen) atoms. The van der Waals surface area contributed by atoms with Crippen LogP contribution in [-0.2, 0) is 25.7 Å². The van der Waals surface area contributed by atoms with Crippen molar-refractivity contribution in [3.63, 3.8) is 0 Å². The van der Waals surface area contributed by atoms with Gasteiger partial charge in [-0.2, -0.15) is 0 Å². The number of aliphatic hydroxyl groups excluding tert-OH is 1. The Balaban J connectivity index is 1.83. The number of nitrogens with one attached hydrogen (secondary N) is 1. The van der Waals surface area contributed by atoms with Gasteiger partial charge in [-0.25, -0.2) is 4.79 Å². The molecule has 2 fully saturated rings. The van der Waals surface area contributed by atoms with E-state index in [0.717, 1.165) is 18.4 Å². The molecule has 2 N–H and O–H groups in total. The maximum absolute atomic E-state index is 13.9. The first-order valence-corrected chi connectivity index (χ1v) is 12.9. The van der Waals surface area contributed by atoms with E-state index in [9.17, 15) is 19.5 Å². The van der Waals surface area contributed by atoms with E-state index in [0.29, 0.717) is 19.5 Å². The number of benzene rings is 1. The van der Waals surface area contributed by atoms with Crippen LogP contribution < -0.4 is 5.32 Å². The fourth-order valence-electron chi connectivity index (χ4n) is 4.95. The third-order valence-electron chi connectivity index (χ3n) is 6.92. The molecule has 9 heteroatoms. The zero-order chi connectivity index (χ0) is 26.5. The maximum Gasteiger partial charge on any atom is 0.411 e. The van der Waals surface area contributed by atoms with Gasteiger partial charge in [-0.05, 0) is 65.9 Å². The van der Waals surface area contributed by atoms with Crippen molar-refractivity contribution < 1.29 is 29.0 Å². The first kappa shape index (κ1) is 27.9. The van der Waals surface area contributed by atoms with Gasteiger partial charge in [-0.3, -0.25) is 14.5 Å². The van der Waals surface area contributed by atoms with Gasteiger partial charge in [0.25, 0.3) is 0 Å². The average Bonchev–Trinajstić information content (AvgIpc) is 3.51. The average molecular weight is 504 g/mol. The molecule has 1 aromatic carbocycles. The second-order valence-corrected chi connectivity index (χ2v) is 10.8. The Bertz CT molecular complexity index is 910. The summed E-state index contributed by atoms with van der Waals surface area (Å²) in [5.74, 6) is -0.794. The highest BCUT2D eigenvalue weighted by atomic mass is 16.6. The number of hydrogen-bond donors (Lipinski definition) is 2. The second kappa shape index (κ2) is 11.6. The van der Waals surface area contributed by atoms with E-state index in [4.69, 9.17) is 9.47 Å². The van der Waals surface area contributed by atoms with E-state index in [1.807, 2.05) is 30.3 Å². The van der Waals surface area contributed by atoms with Gasteiger partial charge in [0.2, 0.25) is 11.8 Å². The molecule has 2 saturated heterocycles. The summed E-state index contributed by atoms with van der Waals surface area (Å²) >= 11 is 0. The predicted molar refractivity (Wildman–Crippen MR) is 135 cm³/mol. The molecule has 9 nitrogen and oxygen atoms in total. The summed E-state index contributed by atoms with van der Waals surface area (Å²) < 4.78 is 11.6. The number of aliphatic hydroxyl groups is 1. The Morgan fingerprint density at radius 2 is 1.69 bits per heavy atom. The molecular weight excluding hydrogens is 462 g/mol. The minimum absolute atomic E-state index is 0.219. The van der Waals surface area contributed by atoms with E-state index in [1.165, 1.54) is 11.8 Å². The standard InChI is InChI=1S/C27H41N3O6/c1-19(35-18-21-12-7-6-8-13-21)22(23(32)29-15-9-10-16-29)28-24(33)27(20(2)31)14-11-17-30(27)25(34)36-26(3,4)5/h6-8,12-13,19-20,22,31H,9-11,14-18H2,1-5H3,(H,28,33). The van der Waals surface area contributed by atoms with E-state index < -0.39 is 41.4 Å². The topological polar surface area (TPSA) is 108 Å². The third-order valence-corrected chi connectivity index (χ3v) is 6.92. The Kier molecular flexibility index (Phi) is 9.00. The summed E-state index contributed by atoms with van der Waals surface area (Å²) in [4.78, 5) is 43.4. The van der Waals surface area contributed by atoms with Gasteiger partial charge in [0.1, 0.15) is 11.6 Å². The van der Waals surface area contributed by atoms with Crippen LogP contribution in [0.3, 0.4) is 0 Å². The molecule has 0 aliphatic carbocycles. The summed E-state index contributed by atoms with van der Waals surface area (Å²) in [5.41, 5.74) is -1.34. The molecule has 0 radical (unpaired) electrons. The molecule has 0 saturated carbocycles. The molecule has 3 amide bonds. The molecule has 4 unspecified atom stereocenters. The lowest BCUT2D eigenvalue weighted by Gasteiger charge is -2.41. The quantitative estimate of drug-likeness (QED) is 0.565. The van der Waals surface area contributed by atoms with E-state index in [2.05, 4.69) is 5.32 Å². The smallest absolute Gasteiger partial charge is 0.411 e. The highest BCUT2D eigenvalue weighted by molar-refractivity contribution is 5.95. The minimum atomic E-state index is -1.54. The number of carbonyl (C=O) groups is 3. The predicted octanol–water partition coefficient (Wildman–Crippen LogP) is 2.85. The van der Waals surface area contributed by atoms with Gasteiger partial charge in [0, 0.05) is 19.6 Å². The lowest BCUT2D eigenvalue weighted by atomic mass is 9.88. The molecule has 2 heterocycles. The monoisotopic (exact) mass is 503 g/mol. The third kappa shape index (κ3) is 6.37. The Labute approximate surface area is 214 Å². The second-order valence-electron chi connectivity index (χ2n) is 10.8. The van der Waals surface area contributed by atoms with Gasteiger partial charge >= 0.3 is 6.09 Å². The van der Waals surface area contributed by atoms with Crippen LogP contribution in [0, 0.1) is 0 Å². The largest absolute Gasteiger partial charge is 0.444 e. The van der Waals surface area contributed by atoms with Crippen molar-refractivity contribution in [3.8, 4) is 0 Å². The SMILES string of the molecule is CC(OCc1ccccc1)C(NC(=O)C1(C(C)O)CCCN1C(=O)OC(C)(C)C)C(=O)N1CCCC1. The molecule has 4 atom stereocenters. The van der Waals surface area contributed by atoms with Gasteiger partial charge in [-0.15, -0.1) is 0 Å². The number of nitrogens with zero attached hydrogens (tertiary/aromatic N) is 2. The molecule has 200 valence electrons. The van der Waals surface area contributed by atoms with Crippen LogP contribution in [-0.4, -0.2) is 81.8 Å². The van der Waals surface area contributed by atoms with Crippen LogP contribution in [0.4, 0.5) is 4.79 Å². The van der Waals surface area contributed by atoms with Crippen molar-refractivity contribution in [3.05, 3.63) is 35.9 Å². The fourth-order valence-corrected chi connectivity index (χ4v) is 4.95. The highest BCUT2D eigenvalue weighted by Crippen LogP contribution is 2.35. The van der Waals surface area contributed by atoms with Crippen molar-refractivity contribution >= 4 is 17.9 Å². The van der Waals surface area contributed by atoms with E-state index in [1.54, 1.807) is 32.6 Å². The summed E-state index contributed by atoms with van der Waals surface area (Å²) in [6.45, 7) is 10.3. The van der Waals surface area contributed by atoms with Crippen molar-refractivity contribution in [2.24, 2.45) is 0 Å². The minimum Gasteiger partial charge on any atom is -0.444 e. The van der Waals surface area contributed by atoms with Crippen LogP contribution in [0.1, 0.15) is 65.9 Å². The van der Waals surface area contributed by atoms with Crippen molar-refractivity contribution in [1.82, 2.24) is 15.1 Å². The first-order chi connectivity index (χ1) is 17.0. The number of hydrogen-bond acceptors (Lipinski definition) is 6. The van der Waals surface area contributed by atoms with Crippen LogP contribution in [0.5, 0.6) is 0 Å². The van der Waals surface area contributed by atoms with E-state index >= 15 is 0 Å². The number of carbonyl (C=O) groups excluding carboxylic acids is 3. The number of ether oxygens (including phenoxy) is 2. The summed E-state index contributed by atoms with van der Waals surface area (Å²) in [6.07, 6.45) is 0.153. The highest BCUT2D eigenvalue weighted by Gasteiger charge is 2.55. The Morgan fingerprint density at radius 1 is 1.06 bits per heavy atom. The molecule has 0 spiro atoms. The van der Waals surface area contributed by atoms with Crippen molar-refractivity contribution in [1.29, 1.82) is 0 Å². The molecule has 0 aromatic heterocycles. The lowest BCUT2D eigenvalue weighted by Crippen LogP contribution is -2.67. The van der Waals surface area contributed by atoms with Gasteiger partial charge in [-0.1, -0.05) is 30.3 Å². The van der Waals surface area contributed by atoms with Gasteiger partial charge in [0.05, 0.1) is 18.8 Å². The van der Waals surface area contributed by atoms with Gasteiger partial charge in [0.15, 0.2) is 5.54 Å². The Morgan fingerprint density at radius 3 is 2.28 bits per heavy atom. The number of rotatable bonds is 8.